The van der Waals surface area contributed by atoms with Crippen molar-refractivity contribution in [3.63, 3.8) is 0 Å². The summed E-state index contributed by atoms with van der Waals surface area (Å²) in [5.41, 5.74) is 0.254. The summed E-state index contributed by atoms with van der Waals surface area (Å²) in [5, 5.41) is 7.85. The van der Waals surface area contributed by atoms with Crippen molar-refractivity contribution < 1.29 is 14.0 Å². The van der Waals surface area contributed by atoms with E-state index < -0.39 is 6.17 Å². The summed E-state index contributed by atoms with van der Waals surface area (Å²) in [6, 6.07) is -0.231. The molecule has 2 atom stereocenters. The van der Waals surface area contributed by atoms with Gasteiger partial charge in [0.2, 0.25) is 5.91 Å². The van der Waals surface area contributed by atoms with Crippen LogP contribution in [0.15, 0.2) is 6.20 Å². The lowest BCUT2D eigenvalue weighted by atomic mass is 10.0. The van der Waals surface area contributed by atoms with E-state index in [4.69, 9.17) is 0 Å². The van der Waals surface area contributed by atoms with Crippen LogP contribution in [0.3, 0.4) is 0 Å². The molecule has 1 aromatic heterocycles. The van der Waals surface area contributed by atoms with Gasteiger partial charge >= 0.3 is 0 Å². The maximum atomic E-state index is 14.0. The Kier molecular flexibility index (Phi) is 5.88. The third kappa shape index (κ3) is 4.40. The van der Waals surface area contributed by atoms with Crippen molar-refractivity contribution in [3.05, 3.63) is 11.9 Å². The number of aromatic nitrogens is 3. The fraction of sp³-hybridized carbons (Fsp3) is 0.778. The van der Waals surface area contributed by atoms with Gasteiger partial charge in [0.15, 0.2) is 5.69 Å². The van der Waals surface area contributed by atoms with E-state index in [0.29, 0.717) is 25.3 Å². The molecule has 1 aromatic rings. The Morgan fingerprint density at radius 3 is 2.73 bits per heavy atom. The first kappa shape index (κ1) is 18.8. The van der Waals surface area contributed by atoms with Crippen LogP contribution in [0.1, 0.15) is 55.4 Å². The van der Waals surface area contributed by atoms with E-state index in [1.165, 1.54) is 35.3 Å². The fourth-order valence-electron chi connectivity index (χ4n) is 4.04. The average molecular weight is 365 g/mol. The Morgan fingerprint density at radius 1 is 1.31 bits per heavy atom. The zero-order valence-corrected chi connectivity index (χ0v) is 15.6. The predicted octanol–water partition coefficient (Wildman–Crippen LogP) is 1.89. The van der Waals surface area contributed by atoms with Crippen LogP contribution in [0.4, 0.5) is 4.39 Å². The molecule has 144 valence electrons. The van der Waals surface area contributed by atoms with Crippen LogP contribution >= 0.6 is 0 Å². The van der Waals surface area contributed by atoms with E-state index in [0.717, 1.165) is 6.42 Å². The largest absolute Gasteiger partial charge is 0.343 e. The third-order valence-corrected chi connectivity index (χ3v) is 5.49. The normalized spacial score (nSPS) is 23.6. The first-order valence-electron chi connectivity index (χ1n) is 9.49. The number of halogens is 1. The summed E-state index contributed by atoms with van der Waals surface area (Å²) >= 11 is 0. The second-order valence-corrected chi connectivity index (χ2v) is 7.75. The highest BCUT2D eigenvalue weighted by molar-refractivity contribution is 5.91. The molecular weight excluding hydrogens is 337 g/mol. The lowest BCUT2D eigenvalue weighted by molar-refractivity contribution is -0.132. The van der Waals surface area contributed by atoms with Crippen LogP contribution in [0.25, 0.3) is 0 Å². The van der Waals surface area contributed by atoms with Gasteiger partial charge in [0.1, 0.15) is 6.17 Å². The number of hydrogen-bond donors (Lipinski definition) is 0. The maximum Gasteiger partial charge on any atom is 0.275 e. The molecule has 7 nitrogen and oxygen atoms in total. The second kappa shape index (κ2) is 8.14. The molecule has 2 heterocycles. The smallest absolute Gasteiger partial charge is 0.275 e. The van der Waals surface area contributed by atoms with Gasteiger partial charge in [0.25, 0.3) is 5.91 Å². The zero-order valence-electron chi connectivity index (χ0n) is 15.6. The summed E-state index contributed by atoms with van der Waals surface area (Å²) in [6.45, 7) is 0.523. The highest BCUT2D eigenvalue weighted by Gasteiger charge is 2.35. The number of hydrogen-bond acceptors (Lipinski definition) is 4. The first-order chi connectivity index (χ1) is 12.4. The highest BCUT2D eigenvalue weighted by atomic mass is 19.1. The third-order valence-electron chi connectivity index (χ3n) is 5.49. The number of nitrogens with zero attached hydrogens (tertiary/aromatic N) is 5. The molecule has 0 N–H and O–H groups in total. The van der Waals surface area contributed by atoms with Gasteiger partial charge in [-0.2, -0.15) is 0 Å². The summed E-state index contributed by atoms with van der Waals surface area (Å²) in [4.78, 5) is 27.6. The number of carbonyl (C=O) groups is 2. The van der Waals surface area contributed by atoms with Crippen molar-refractivity contribution in [2.24, 2.45) is 5.92 Å². The molecule has 2 amide bonds. The van der Waals surface area contributed by atoms with Crippen LogP contribution in [0.5, 0.6) is 0 Å². The van der Waals surface area contributed by atoms with Gasteiger partial charge in [0.05, 0.1) is 25.3 Å². The number of amides is 2. The molecule has 2 fully saturated rings. The Balaban J connectivity index is 1.58. The van der Waals surface area contributed by atoms with E-state index >= 15 is 0 Å². The van der Waals surface area contributed by atoms with E-state index in [2.05, 4.69) is 10.3 Å². The molecule has 1 aliphatic carbocycles. The molecule has 3 rings (SSSR count). The van der Waals surface area contributed by atoms with Gasteiger partial charge in [-0.15, -0.1) is 5.10 Å². The SMILES string of the molecule is CN(C)C(=O)c1cn(C[C@@H]2C[C@H](F)CN2C(=O)CCC2CCCC2)nn1. The predicted molar refractivity (Wildman–Crippen MR) is 94.2 cm³/mol. The number of rotatable bonds is 6. The van der Waals surface area contributed by atoms with Crippen LogP contribution in [0.2, 0.25) is 0 Å². The van der Waals surface area contributed by atoms with Crippen molar-refractivity contribution in [2.45, 2.75) is 63.7 Å². The lowest BCUT2D eigenvalue weighted by Gasteiger charge is -2.24. The molecule has 1 aliphatic heterocycles. The maximum absolute atomic E-state index is 14.0. The fourth-order valence-corrected chi connectivity index (χ4v) is 4.04. The molecule has 0 radical (unpaired) electrons. The summed E-state index contributed by atoms with van der Waals surface area (Å²) in [7, 11) is 3.30. The van der Waals surface area contributed by atoms with Gasteiger partial charge in [0, 0.05) is 26.9 Å². The first-order valence-corrected chi connectivity index (χ1v) is 9.49. The van der Waals surface area contributed by atoms with Gasteiger partial charge in [-0.05, 0) is 12.3 Å². The van der Waals surface area contributed by atoms with E-state index in [9.17, 15) is 14.0 Å². The van der Waals surface area contributed by atoms with Gasteiger partial charge in [-0.25, -0.2) is 9.07 Å². The van der Waals surface area contributed by atoms with Crippen molar-refractivity contribution in [1.29, 1.82) is 0 Å². The molecule has 0 spiro atoms. The Bertz CT molecular complexity index is 641. The van der Waals surface area contributed by atoms with Crippen LogP contribution < -0.4 is 0 Å². The standard InChI is InChI=1S/C18H28FN5O2/c1-22(2)18(26)16-12-23(21-20-16)11-15-9-14(19)10-24(15)17(25)8-7-13-5-3-4-6-13/h12-15H,3-11H2,1-2H3/t14-,15-/m0/s1. The molecule has 8 heteroatoms. The molecule has 2 aliphatic rings. The minimum absolute atomic E-state index is 0.0340. The zero-order chi connectivity index (χ0) is 18.7. The molecule has 0 aromatic carbocycles. The lowest BCUT2D eigenvalue weighted by Crippen LogP contribution is -2.38. The number of alkyl halides is 1. The molecule has 0 unspecified atom stereocenters. The Hall–Kier alpha value is -1.99. The van der Waals surface area contributed by atoms with Gasteiger partial charge in [-0.3, -0.25) is 9.59 Å². The molecular formula is C18H28FN5O2. The van der Waals surface area contributed by atoms with Crippen LogP contribution in [-0.4, -0.2) is 69.5 Å². The van der Waals surface area contributed by atoms with Crippen molar-refractivity contribution in [2.75, 3.05) is 20.6 Å². The number of likely N-dealkylation sites (tertiary alicyclic amines) is 1. The monoisotopic (exact) mass is 365 g/mol. The topological polar surface area (TPSA) is 71.3 Å². The quantitative estimate of drug-likeness (QED) is 0.772. The molecule has 26 heavy (non-hydrogen) atoms. The van der Waals surface area contributed by atoms with Crippen molar-refractivity contribution in [3.8, 4) is 0 Å². The summed E-state index contributed by atoms with van der Waals surface area (Å²) in [6.07, 6.45) is 7.23. The van der Waals surface area contributed by atoms with Crippen LogP contribution in [-0.2, 0) is 11.3 Å². The van der Waals surface area contributed by atoms with Crippen molar-refractivity contribution >= 4 is 11.8 Å². The molecule has 1 saturated carbocycles. The Morgan fingerprint density at radius 2 is 2.04 bits per heavy atom. The second-order valence-electron chi connectivity index (χ2n) is 7.75. The van der Waals surface area contributed by atoms with E-state index in [1.54, 1.807) is 25.2 Å². The summed E-state index contributed by atoms with van der Waals surface area (Å²) < 4.78 is 15.5. The molecule has 0 bridgehead atoms. The van der Waals surface area contributed by atoms with E-state index in [-0.39, 0.29) is 30.1 Å². The Labute approximate surface area is 153 Å². The molecule has 1 saturated heterocycles. The van der Waals surface area contributed by atoms with Gasteiger partial charge < -0.3 is 9.80 Å². The highest BCUT2D eigenvalue weighted by Crippen LogP contribution is 2.30. The number of carbonyl (C=O) groups excluding carboxylic acids is 2. The average Bonchev–Trinajstić information content (AvgIpc) is 3.33. The van der Waals surface area contributed by atoms with Crippen molar-refractivity contribution in [1.82, 2.24) is 24.8 Å². The minimum atomic E-state index is -0.998. The van der Waals surface area contributed by atoms with E-state index in [1.807, 2.05) is 0 Å². The van der Waals surface area contributed by atoms with Crippen LogP contribution in [0, 0.1) is 5.92 Å². The van der Waals surface area contributed by atoms with Gasteiger partial charge in [-0.1, -0.05) is 30.9 Å². The summed E-state index contributed by atoms with van der Waals surface area (Å²) in [5.74, 6) is 0.457. The minimum Gasteiger partial charge on any atom is -0.343 e.